The molecule has 0 N–H and O–H groups in total. The average molecular weight is 735 g/mol. The van der Waals surface area contributed by atoms with Gasteiger partial charge in [-0.15, -0.1) is 0 Å². The van der Waals surface area contributed by atoms with Crippen molar-refractivity contribution in [2.75, 3.05) is 20.3 Å². The second-order valence-electron chi connectivity index (χ2n) is 10.9. The van der Waals surface area contributed by atoms with Crippen LogP contribution in [0.5, 0.6) is 5.88 Å². The van der Waals surface area contributed by atoms with E-state index in [1.807, 2.05) is 4.57 Å². The number of fused-ring (bicyclic) bond motifs is 3. The lowest BCUT2D eigenvalue weighted by atomic mass is 10.1. The van der Waals surface area contributed by atoms with Gasteiger partial charge in [-0.25, -0.2) is 19.2 Å². The third-order valence-electron chi connectivity index (χ3n) is 8.08. The quantitative estimate of drug-likeness (QED) is 0.133. The highest BCUT2D eigenvalue weighted by Crippen LogP contribution is 2.32. The maximum absolute atomic E-state index is 15.1. The van der Waals surface area contributed by atoms with Gasteiger partial charge in [-0.05, 0) is 65.3 Å². The van der Waals surface area contributed by atoms with Gasteiger partial charge in [-0.1, -0.05) is 17.7 Å². The molecule has 5 aromatic rings. The highest BCUT2D eigenvalue weighted by molar-refractivity contribution is 14.1. The van der Waals surface area contributed by atoms with E-state index >= 15 is 4.39 Å². The SMILES string of the molecule is COC(=O)c1cc(F)c2nc(CN3CCc4cc(I)c(OCc5ccc(Cl)c6cc(F)oc56)nc4C3)n(C[C@@H]3CCO3)c2c1. The van der Waals surface area contributed by atoms with Crippen LogP contribution < -0.4 is 4.74 Å². The van der Waals surface area contributed by atoms with Crippen molar-refractivity contribution in [3.63, 3.8) is 0 Å². The zero-order valence-corrected chi connectivity index (χ0v) is 26.5. The summed E-state index contributed by atoms with van der Waals surface area (Å²) < 4.78 is 53.6. The summed E-state index contributed by atoms with van der Waals surface area (Å²) in [6, 6.07) is 8.85. The van der Waals surface area contributed by atoms with E-state index in [2.05, 4.69) is 38.5 Å². The van der Waals surface area contributed by atoms with Crippen LogP contribution in [0.2, 0.25) is 5.02 Å². The highest BCUT2D eigenvalue weighted by atomic mass is 127. The van der Waals surface area contributed by atoms with Crippen molar-refractivity contribution in [1.82, 2.24) is 19.4 Å². The normalized spacial score (nSPS) is 16.7. The first-order chi connectivity index (χ1) is 21.3. The van der Waals surface area contributed by atoms with E-state index in [9.17, 15) is 9.18 Å². The van der Waals surface area contributed by atoms with Gasteiger partial charge in [0.1, 0.15) is 23.5 Å². The number of ether oxygens (including phenoxy) is 3. The molecule has 2 aliphatic rings. The smallest absolute Gasteiger partial charge is 0.338 e. The second-order valence-corrected chi connectivity index (χ2v) is 12.4. The summed E-state index contributed by atoms with van der Waals surface area (Å²) in [6.45, 7) is 3.07. The fraction of sp³-hybridized carbons (Fsp3) is 0.323. The van der Waals surface area contributed by atoms with Crippen molar-refractivity contribution in [3.8, 4) is 5.88 Å². The molecule has 0 bridgehead atoms. The molecule has 5 heterocycles. The van der Waals surface area contributed by atoms with Crippen LogP contribution in [0, 0.1) is 15.4 Å². The number of pyridine rings is 1. The van der Waals surface area contributed by atoms with Crippen LogP contribution in [-0.4, -0.2) is 51.8 Å². The first-order valence-electron chi connectivity index (χ1n) is 14.1. The van der Waals surface area contributed by atoms with Gasteiger partial charge in [0, 0.05) is 36.7 Å². The lowest BCUT2D eigenvalue weighted by Gasteiger charge is -2.30. The van der Waals surface area contributed by atoms with Gasteiger partial charge in [-0.3, -0.25) is 4.90 Å². The molecule has 1 atom stereocenters. The minimum absolute atomic E-state index is 0.000990. The Hall–Kier alpha value is -3.33. The van der Waals surface area contributed by atoms with Crippen LogP contribution in [0.15, 0.2) is 40.8 Å². The zero-order valence-electron chi connectivity index (χ0n) is 23.5. The predicted molar refractivity (Wildman–Crippen MR) is 166 cm³/mol. The first kappa shape index (κ1) is 29.4. The number of nitrogens with zero attached hydrogens (tertiary/aromatic N) is 4. The largest absolute Gasteiger partial charge is 0.472 e. The van der Waals surface area contributed by atoms with Crippen molar-refractivity contribution in [3.05, 3.63) is 85.0 Å². The summed E-state index contributed by atoms with van der Waals surface area (Å²) in [4.78, 5) is 23.9. The minimum atomic E-state index is -0.712. The van der Waals surface area contributed by atoms with Gasteiger partial charge in [-0.2, -0.15) is 4.39 Å². The molecule has 2 aliphatic heterocycles. The minimum Gasteiger partial charge on any atom is -0.472 e. The van der Waals surface area contributed by atoms with Gasteiger partial charge in [0.05, 0.1) is 51.7 Å². The number of carbonyl (C=O) groups is 1. The summed E-state index contributed by atoms with van der Waals surface area (Å²) in [6.07, 6.45) is 1.67. The molecule has 0 aliphatic carbocycles. The Morgan fingerprint density at radius 3 is 2.82 bits per heavy atom. The van der Waals surface area contributed by atoms with E-state index in [-0.39, 0.29) is 23.8 Å². The number of esters is 1. The van der Waals surface area contributed by atoms with E-state index in [0.717, 1.165) is 40.3 Å². The Balaban J connectivity index is 1.14. The number of hydrogen-bond acceptors (Lipinski definition) is 8. The van der Waals surface area contributed by atoms with Crippen molar-refractivity contribution in [2.24, 2.45) is 0 Å². The molecular weight excluding hydrogens is 709 g/mol. The molecule has 0 spiro atoms. The lowest BCUT2D eigenvalue weighted by molar-refractivity contribution is -0.0592. The van der Waals surface area contributed by atoms with Gasteiger partial charge >= 0.3 is 5.97 Å². The number of furan rings is 1. The summed E-state index contributed by atoms with van der Waals surface area (Å²) in [7, 11) is 1.27. The Morgan fingerprint density at radius 1 is 1.20 bits per heavy atom. The maximum Gasteiger partial charge on any atom is 0.338 e. The Labute approximate surface area is 269 Å². The maximum atomic E-state index is 15.1. The standard InChI is InChI=1S/C31H26ClF2IN4O5/c1-41-31(40)18-8-22(33)28-25(10-18)39(12-19-5-7-42-19)27(37-28)14-38-6-4-16-9-23(35)30(36-24(16)13-38)43-15-17-2-3-21(32)20-11-26(34)44-29(17)20/h2-3,8-11,19H,4-7,12-15H2,1H3/t19-/m0/s1. The number of carbonyl (C=O) groups excluding carboxylic acids is 1. The van der Waals surface area contributed by atoms with Crippen molar-refractivity contribution >= 4 is 62.2 Å². The zero-order chi connectivity index (χ0) is 30.5. The summed E-state index contributed by atoms with van der Waals surface area (Å²) in [5.74, 6) is -0.0368. The topological polar surface area (TPSA) is 91.9 Å². The van der Waals surface area contributed by atoms with Gasteiger partial charge in [0.25, 0.3) is 6.01 Å². The number of methoxy groups -OCH3 is 1. The van der Waals surface area contributed by atoms with E-state index in [4.69, 9.17) is 35.2 Å². The number of aromatic nitrogens is 3. The number of rotatable bonds is 8. The summed E-state index contributed by atoms with van der Waals surface area (Å²) in [5, 5.41) is 0.892. The Bertz CT molecular complexity index is 1920. The summed E-state index contributed by atoms with van der Waals surface area (Å²) in [5.41, 5.74) is 3.88. The molecule has 0 amide bonds. The second kappa shape index (κ2) is 11.9. The fourth-order valence-electron chi connectivity index (χ4n) is 5.70. The number of halogens is 4. The molecule has 3 aromatic heterocycles. The predicted octanol–water partition coefficient (Wildman–Crippen LogP) is 6.43. The molecule has 1 saturated heterocycles. The van der Waals surface area contributed by atoms with Crippen LogP contribution >= 0.6 is 34.2 Å². The van der Waals surface area contributed by atoms with E-state index in [1.165, 1.54) is 13.2 Å². The number of imidazole rings is 1. The van der Waals surface area contributed by atoms with Gasteiger partial charge < -0.3 is 23.2 Å². The average Bonchev–Trinajstić information content (AvgIpc) is 3.55. The molecule has 13 heteroatoms. The lowest BCUT2D eigenvalue weighted by Crippen LogP contribution is -2.34. The third kappa shape index (κ3) is 5.52. The van der Waals surface area contributed by atoms with Gasteiger partial charge in [0.15, 0.2) is 5.82 Å². The van der Waals surface area contributed by atoms with Crippen molar-refractivity contribution in [2.45, 2.75) is 45.2 Å². The molecule has 9 nitrogen and oxygen atoms in total. The molecule has 7 rings (SSSR count). The molecule has 0 unspecified atom stereocenters. The molecule has 2 aromatic carbocycles. The van der Waals surface area contributed by atoms with Crippen molar-refractivity contribution in [1.29, 1.82) is 0 Å². The van der Waals surface area contributed by atoms with Crippen molar-refractivity contribution < 1.29 is 32.2 Å². The Kier molecular flexibility index (Phi) is 7.93. The molecule has 44 heavy (non-hydrogen) atoms. The number of hydrogen-bond donors (Lipinski definition) is 0. The summed E-state index contributed by atoms with van der Waals surface area (Å²) >= 11 is 8.41. The van der Waals surface area contributed by atoms with Crippen LogP contribution in [0.3, 0.4) is 0 Å². The fourth-order valence-corrected chi connectivity index (χ4v) is 6.56. The van der Waals surface area contributed by atoms with Gasteiger partial charge in [0.2, 0.25) is 5.88 Å². The first-order valence-corrected chi connectivity index (χ1v) is 15.5. The van der Waals surface area contributed by atoms with Crippen LogP contribution in [0.25, 0.3) is 22.0 Å². The highest BCUT2D eigenvalue weighted by Gasteiger charge is 2.27. The molecule has 0 saturated carbocycles. The van der Waals surface area contributed by atoms with E-state index < -0.39 is 17.8 Å². The molecule has 0 radical (unpaired) electrons. The van der Waals surface area contributed by atoms with E-state index in [1.54, 1.807) is 18.2 Å². The third-order valence-corrected chi connectivity index (χ3v) is 9.18. The monoisotopic (exact) mass is 734 g/mol. The molecule has 228 valence electrons. The number of benzene rings is 2. The van der Waals surface area contributed by atoms with Crippen LogP contribution in [0.1, 0.15) is 39.4 Å². The Morgan fingerprint density at radius 2 is 2.05 bits per heavy atom. The van der Waals surface area contributed by atoms with E-state index in [0.29, 0.717) is 65.0 Å². The van der Waals surface area contributed by atoms with Crippen LogP contribution in [0.4, 0.5) is 8.78 Å². The van der Waals surface area contributed by atoms with Crippen LogP contribution in [-0.2, 0) is 42.1 Å². The molecule has 1 fully saturated rings. The molecular formula is C31H26ClF2IN4O5.